The number of hydrogen-bond acceptors (Lipinski definition) is 8. The largest absolute Gasteiger partial charge is 0.480 e. The number of aliphatic carboxylic acids is 1. The van der Waals surface area contributed by atoms with Crippen molar-refractivity contribution in [2.75, 3.05) is 19.8 Å². The maximum atomic E-state index is 12.1. The fraction of sp³-hybridized carbons (Fsp3) is 0.844. The van der Waals surface area contributed by atoms with Crippen LogP contribution in [0.15, 0.2) is 12.2 Å². The van der Waals surface area contributed by atoms with Crippen LogP contribution in [0.2, 0.25) is 0 Å². The second-order valence-electron chi connectivity index (χ2n) is 11.4. The summed E-state index contributed by atoms with van der Waals surface area (Å²) in [6.45, 7) is 2.46. The topological polar surface area (TPSA) is 169 Å². The van der Waals surface area contributed by atoms with Crippen molar-refractivity contribution in [3.63, 3.8) is 0 Å². The Labute approximate surface area is 265 Å². The lowest BCUT2D eigenvalue weighted by Crippen LogP contribution is -2.43. The second kappa shape index (κ2) is 28.7. The summed E-state index contributed by atoms with van der Waals surface area (Å²) in [5.74, 6) is -2.39. The van der Waals surface area contributed by atoms with Crippen molar-refractivity contribution in [2.24, 2.45) is 0 Å². The van der Waals surface area contributed by atoms with Crippen LogP contribution in [0.5, 0.6) is 0 Å². The number of phosphoric acid groups is 1. The molecule has 3 unspecified atom stereocenters. The third-order valence-corrected chi connectivity index (χ3v) is 8.01. The van der Waals surface area contributed by atoms with Gasteiger partial charge in [0.05, 0.1) is 13.2 Å². The number of amides is 1. The fourth-order valence-electron chi connectivity index (χ4n) is 4.37. The van der Waals surface area contributed by atoms with Crippen LogP contribution in [0.1, 0.15) is 142 Å². The molecule has 0 fully saturated rings. The van der Waals surface area contributed by atoms with Crippen LogP contribution < -0.4 is 5.32 Å². The van der Waals surface area contributed by atoms with Gasteiger partial charge in [0, 0.05) is 12.8 Å². The molecule has 0 spiro atoms. The molecular weight excluding hydrogens is 589 g/mol. The second-order valence-corrected chi connectivity index (χ2v) is 12.8. The SMILES string of the molecule is CCCCCC/C=C\CCCCCCCC(=O)OCC(O)COP(=O)(O)OCC(NC(=O)CCCCCCCCC)C(=O)O. The number of nitrogens with one attached hydrogen (secondary N) is 1. The number of aliphatic hydroxyl groups is 1. The molecule has 0 saturated heterocycles. The molecule has 0 rings (SSSR count). The number of carboxylic acids is 1. The monoisotopic (exact) mass is 649 g/mol. The molecule has 0 aliphatic heterocycles. The van der Waals surface area contributed by atoms with Gasteiger partial charge >= 0.3 is 19.8 Å². The Bertz CT molecular complexity index is 823. The van der Waals surface area contributed by atoms with Gasteiger partial charge in [-0.2, -0.15) is 0 Å². The quantitative estimate of drug-likeness (QED) is 0.0266. The Kier molecular flexibility index (Phi) is 27.5. The van der Waals surface area contributed by atoms with E-state index < -0.39 is 57.6 Å². The standard InChI is InChI=1S/C32H60NO10P/c1-3-5-7-9-11-12-13-14-15-16-18-20-22-24-31(36)41-25-28(34)26-42-44(39,40)43-27-29(32(37)38)33-30(35)23-21-19-17-10-8-6-4-2/h12-13,28-29,34H,3-11,14-27H2,1-2H3,(H,33,35)(H,37,38)(H,39,40)/b13-12-. The van der Waals surface area contributed by atoms with Crippen molar-refractivity contribution in [1.82, 2.24) is 5.32 Å². The van der Waals surface area contributed by atoms with E-state index in [0.29, 0.717) is 12.8 Å². The molecule has 0 aliphatic carbocycles. The van der Waals surface area contributed by atoms with Gasteiger partial charge in [-0.3, -0.25) is 18.6 Å². The molecule has 0 aromatic carbocycles. The van der Waals surface area contributed by atoms with Gasteiger partial charge in [-0.05, 0) is 38.5 Å². The van der Waals surface area contributed by atoms with E-state index >= 15 is 0 Å². The van der Waals surface area contributed by atoms with E-state index in [2.05, 4.69) is 31.3 Å². The Morgan fingerprint density at radius 2 is 1.18 bits per heavy atom. The zero-order valence-electron chi connectivity index (χ0n) is 27.2. The number of phosphoric ester groups is 1. The summed E-state index contributed by atoms with van der Waals surface area (Å²) in [6, 6.07) is -1.54. The van der Waals surface area contributed by atoms with Crippen molar-refractivity contribution in [3.8, 4) is 0 Å². The molecule has 258 valence electrons. The number of carbonyl (C=O) groups excluding carboxylic acids is 2. The number of aliphatic hydroxyl groups excluding tert-OH is 1. The van der Waals surface area contributed by atoms with E-state index in [-0.39, 0.29) is 12.8 Å². The lowest BCUT2D eigenvalue weighted by Gasteiger charge is -2.18. The molecule has 0 aliphatic rings. The highest BCUT2D eigenvalue weighted by atomic mass is 31.2. The van der Waals surface area contributed by atoms with Crippen molar-refractivity contribution < 1.29 is 47.8 Å². The van der Waals surface area contributed by atoms with Gasteiger partial charge in [0.15, 0.2) is 6.04 Å². The number of hydrogen-bond donors (Lipinski definition) is 4. The van der Waals surface area contributed by atoms with Crippen LogP contribution in [0.4, 0.5) is 0 Å². The predicted molar refractivity (Wildman–Crippen MR) is 171 cm³/mol. The molecule has 4 N–H and O–H groups in total. The molecule has 0 aromatic heterocycles. The Morgan fingerprint density at radius 1 is 0.705 bits per heavy atom. The lowest BCUT2D eigenvalue weighted by molar-refractivity contribution is -0.147. The van der Waals surface area contributed by atoms with Gasteiger partial charge in [0.25, 0.3) is 0 Å². The molecule has 1 amide bonds. The molecule has 0 heterocycles. The summed E-state index contributed by atoms with van der Waals surface area (Å²) in [5.41, 5.74) is 0. The summed E-state index contributed by atoms with van der Waals surface area (Å²) in [5, 5.41) is 21.6. The van der Waals surface area contributed by atoms with E-state index in [1.165, 1.54) is 32.1 Å². The van der Waals surface area contributed by atoms with Crippen molar-refractivity contribution in [2.45, 2.75) is 154 Å². The molecule has 11 nitrogen and oxygen atoms in total. The number of ether oxygens (including phenoxy) is 1. The van der Waals surface area contributed by atoms with Crippen molar-refractivity contribution >= 4 is 25.7 Å². The maximum absolute atomic E-state index is 12.1. The van der Waals surface area contributed by atoms with E-state index in [4.69, 9.17) is 13.8 Å². The third kappa shape index (κ3) is 27.7. The number of carbonyl (C=O) groups is 3. The summed E-state index contributed by atoms with van der Waals surface area (Å²) in [6.07, 6.45) is 22.8. The minimum absolute atomic E-state index is 0.146. The minimum Gasteiger partial charge on any atom is -0.480 e. The number of rotatable bonds is 31. The Balaban J connectivity index is 4.00. The third-order valence-electron chi connectivity index (χ3n) is 7.05. The van der Waals surface area contributed by atoms with E-state index in [0.717, 1.165) is 70.6 Å². The lowest BCUT2D eigenvalue weighted by atomic mass is 10.1. The van der Waals surface area contributed by atoms with Crippen LogP contribution in [0, 0.1) is 0 Å². The molecular formula is C32H60NO10P. The molecule has 3 atom stereocenters. The number of esters is 1. The highest BCUT2D eigenvalue weighted by Crippen LogP contribution is 2.43. The molecule has 0 bridgehead atoms. The first kappa shape index (κ1) is 42.2. The zero-order valence-corrected chi connectivity index (χ0v) is 28.1. The average molecular weight is 650 g/mol. The molecule has 0 radical (unpaired) electrons. The first-order chi connectivity index (χ1) is 21.1. The Hall–Kier alpha value is -1.78. The highest BCUT2D eigenvalue weighted by Gasteiger charge is 2.28. The normalized spacial score (nSPS) is 14.3. The molecule has 12 heteroatoms. The van der Waals surface area contributed by atoms with Gasteiger partial charge in [-0.15, -0.1) is 0 Å². The fourth-order valence-corrected chi connectivity index (χ4v) is 5.14. The van der Waals surface area contributed by atoms with Crippen molar-refractivity contribution in [3.05, 3.63) is 12.2 Å². The van der Waals surface area contributed by atoms with E-state index in [9.17, 15) is 34.1 Å². The van der Waals surface area contributed by atoms with Crippen LogP contribution in [-0.2, 0) is 32.7 Å². The first-order valence-electron chi connectivity index (χ1n) is 16.7. The summed E-state index contributed by atoms with van der Waals surface area (Å²) < 4.78 is 26.5. The highest BCUT2D eigenvalue weighted by molar-refractivity contribution is 7.47. The van der Waals surface area contributed by atoms with Crippen LogP contribution >= 0.6 is 7.82 Å². The predicted octanol–water partition coefficient (Wildman–Crippen LogP) is 6.99. The minimum atomic E-state index is -4.73. The van der Waals surface area contributed by atoms with Gasteiger partial charge in [0.1, 0.15) is 12.7 Å². The number of carboxylic acid groups (broad SMARTS) is 1. The summed E-state index contributed by atoms with van der Waals surface area (Å²) in [4.78, 5) is 45.3. The smallest absolute Gasteiger partial charge is 0.472 e. The molecule has 0 saturated carbocycles. The van der Waals surface area contributed by atoms with Gasteiger partial charge < -0.3 is 25.2 Å². The molecule has 0 aromatic rings. The molecule has 44 heavy (non-hydrogen) atoms. The van der Waals surface area contributed by atoms with Gasteiger partial charge in [-0.1, -0.05) is 103 Å². The number of allylic oxidation sites excluding steroid dienone is 2. The van der Waals surface area contributed by atoms with Crippen LogP contribution in [0.3, 0.4) is 0 Å². The van der Waals surface area contributed by atoms with Gasteiger partial charge in [-0.25, -0.2) is 9.36 Å². The summed E-state index contributed by atoms with van der Waals surface area (Å²) in [7, 11) is -4.73. The first-order valence-corrected chi connectivity index (χ1v) is 18.2. The van der Waals surface area contributed by atoms with Crippen molar-refractivity contribution in [1.29, 1.82) is 0 Å². The Morgan fingerprint density at radius 3 is 1.75 bits per heavy atom. The van der Waals surface area contributed by atoms with E-state index in [1.807, 2.05) is 0 Å². The maximum Gasteiger partial charge on any atom is 0.472 e. The van der Waals surface area contributed by atoms with Gasteiger partial charge in [0.2, 0.25) is 5.91 Å². The average Bonchev–Trinajstić information content (AvgIpc) is 2.98. The van der Waals surface area contributed by atoms with Crippen LogP contribution in [0.25, 0.3) is 0 Å². The van der Waals surface area contributed by atoms with E-state index in [1.54, 1.807) is 0 Å². The van der Waals surface area contributed by atoms with Crippen LogP contribution in [-0.4, -0.2) is 64.9 Å². The number of unbranched alkanes of at least 4 members (excludes halogenated alkanes) is 15. The summed E-state index contributed by atoms with van der Waals surface area (Å²) >= 11 is 0. The zero-order chi connectivity index (χ0) is 32.9.